The van der Waals surface area contributed by atoms with Crippen molar-refractivity contribution in [2.75, 3.05) is 6.54 Å². The molecule has 0 bridgehead atoms. The van der Waals surface area contributed by atoms with Gasteiger partial charge in [0.05, 0.1) is 0 Å². The lowest BCUT2D eigenvalue weighted by Gasteiger charge is -2.43. The van der Waals surface area contributed by atoms with Gasteiger partial charge in [0.25, 0.3) is 0 Å². The maximum absolute atomic E-state index is 12.9. The van der Waals surface area contributed by atoms with Crippen LogP contribution in [0.15, 0.2) is 0 Å². The zero-order chi connectivity index (χ0) is 7.61. The number of nitrogens with two attached hydrogens (primary N) is 1. The van der Waals surface area contributed by atoms with Crippen molar-refractivity contribution >= 4 is 0 Å². The molecule has 60 valence electrons. The van der Waals surface area contributed by atoms with Gasteiger partial charge < -0.3 is 5.73 Å². The predicted molar refractivity (Wildman–Crippen MR) is 40.5 cm³/mol. The average molecular weight is 145 g/mol. The van der Waals surface area contributed by atoms with E-state index in [0.717, 1.165) is 19.3 Å². The van der Waals surface area contributed by atoms with Crippen molar-refractivity contribution in [2.24, 2.45) is 11.1 Å². The molecule has 0 spiro atoms. The van der Waals surface area contributed by atoms with Crippen LogP contribution in [0.2, 0.25) is 0 Å². The molecule has 1 fully saturated rings. The highest BCUT2D eigenvalue weighted by atomic mass is 19.1. The van der Waals surface area contributed by atoms with Crippen molar-refractivity contribution in [1.82, 2.24) is 0 Å². The van der Waals surface area contributed by atoms with Gasteiger partial charge in [0, 0.05) is 5.41 Å². The summed E-state index contributed by atoms with van der Waals surface area (Å²) in [5.41, 5.74) is 5.38. The minimum Gasteiger partial charge on any atom is -0.330 e. The zero-order valence-electron chi connectivity index (χ0n) is 6.57. The van der Waals surface area contributed by atoms with Crippen molar-refractivity contribution in [1.29, 1.82) is 0 Å². The van der Waals surface area contributed by atoms with Gasteiger partial charge in [0.15, 0.2) is 0 Å². The molecular weight excluding hydrogens is 129 g/mol. The normalized spacial score (nSPS) is 25.5. The number of hydrogen-bond donors (Lipinski definition) is 1. The van der Waals surface area contributed by atoms with Crippen molar-refractivity contribution in [3.63, 3.8) is 0 Å². The second-order valence-corrected chi connectivity index (χ2v) is 3.37. The van der Waals surface area contributed by atoms with E-state index in [1.165, 1.54) is 6.42 Å². The lowest BCUT2D eigenvalue weighted by Crippen LogP contribution is -2.39. The minimum atomic E-state index is -0.662. The lowest BCUT2D eigenvalue weighted by molar-refractivity contribution is 0.0250. The summed E-state index contributed by atoms with van der Waals surface area (Å²) in [6.07, 6.45) is 3.48. The van der Waals surface area contributed by atoms with Gasteiger partial charge >= 0.3 is 0 Å². The van der Waals surface area contributed by atoms with Gasteiger partial charge in [-0.25, -0.2) is 4.39 Å². The largest absolute Gasteiger partial charge is 0.330 e. The van der Waals surface area contributed by atoms with E-state index in [9.17, 15) is 4.39 Å². The summed E-state index contributed by atoms with van der Waals surface area (Å²) < 4.78 is 12.9. The summed E-state index contributed by atoms with van der Waals surface area (Å²) in [4.78, 5) is 0. The monoisotopic (exact) mass is 145 g/mol. The van der Waals surface area contributed by atoms with E-state index in [1.54, 1.807) is 6.92 Å². The molecule has 0 heterocycles. The Morgan fingerprint density at radius 3 is 2.30 bits per heavy atom. The molecule has 1 nitrogen and oxygen atoms in total. The van der Waals surface area contributed by atoms with Gasteiger partial charge in [-0.15, -0.1) is 0 Å². The maximum atomic E-state index is 12.9. The van der Waals surface area contributed by atoms with Crippen molar-refractivity contribution < 1.29 is 4.39 Å². The smallest absolute Gasteiger partial charge is 0.103 e. The van der Waals surface area contributed by atoms with Crippen LogP contribution in [0, 0.1) is 5.41 Å². The van der Waals surface area contributed by atoms with Gasteiger partial charge in [0.1, 0.15) is 6.17 Å². The van der Waals surface area contributed by atoms with Crippen LogP contribution in [-0.4, -0.2) is 12.7 Å². The molecule has 1 saturated carbocycles. The summed E-state index contributed by atoms with van der Waals surface area (Å²) in [7, 11) is 0. The Morgan fingerprint density at radius 2 is 2.20 bits per heavy atom. The van der Waals surface area contributed by atoms with E-state index < -0.39 is 6.17 Å². The van der Waals surface area contributed by atoms with Crippen LogP contribution < -0.4 is 5.73 Å². The van der Waals surface area contributed by atoms with Crippen LogP contribution in [0.4, 0.5) is 4.39 Å². The molecule has 0 aliphatic heterocycles. The lowest BCUT2D eigenvalue weighted by atomic mass is 9.64. The molecule has 1 rings (SSSR count). The van der Waals surface area contributed by atoms with Crippen molar-refractivity contribution in [3.8, 4) is 0 Å². The second kappa shape index (κ2) is 2.87. The van der Waals surface area contributed by atoms with E-state index >= 15 is 0 Å². The highest BCUT2D eigenvalue weighted by Crippen LogP contribution is 2.47. The molecule has 0 radical (unpaired) electrons. The highest BCUT2D eigenvalue weighted by molar-refractivity contribution is 4.91. The van der Waals surface area contributed by atoms with Crippen LogP contribution in [-0.2, 0) is 0 Å². The fourth-order valence-electron chi connectivity index (χ4n) is 1.77. The first-order valence-electron chi connectivity index (χ1n) is 4.05. The molecule has 0 saturated heterocycles. The SMILES string of the molecule is CC(F)C1(CCN)CCC1. The molecule has 10 heavy (non-hydrogen) atoms. The first-order valence-corrected chi connectivity index (χ1v) is 4.05. The number of hydrogen-bond acceptors (Lipinski definition) is 1. The third-order valence-electron chi connectivity index (χ3n) is 2.84. The van der Waals surface area contributed by atoms with Crippen LogP contribution >= 0.6 is 0 Å². The third-order valence-corrected chi connectivity index (χ3v) is 2.84. The molecule has 2 N–H and O–H groups in total. The highest BCUT2D eigenvalue weighted by Gasteiger charge is 2.41. The molecule has 0 aromatic heterocycles. The van der Waals surface area contributed by atoms with Gasteiger partial charge in [-0.2, -0.15) is 0 Å². The van der Waals surface area contributed by atoms with Crippen molar-refractivity contribution in [3.05, 3.63) is 0 Å². The van der Waals surface area contributed by atoms with Gasteiger partial charge in [-0.3, -0.25) is 0 Å². The van der Waals surface area contributed by atoms with E-state index in [1.807, 2.05) is 0 Å². The first kappa shape index (κ1) is 7.99. The Kier molecular flexibility index (Phi) is 2.29. The summed E-state index contributed by atoms with van der Waals surface area (Å²) in [6, 6.07) is 0. The fourth-order valence-corrected chi connectivity index (χ4v) is 1.77. The Morgan fingerprint density at radius 1 is 1.60 bits per heavy atom. The molecule has 0 aromatic carbocycles. The Balaban J connectivity index is 2.42. The topological polar surface area (TPSA) is 26.0 Å². The number of rotatable bonds is 3. The summed E-state index contributed by atoms with van der Waals surface area (Å²) >= 11 is 0. The molecular formula is C8H16FN. The molecule has 0 aromatic rings. The second-order valence-electron chi connectivity index (χ2n) is 3.37. The fraction of sp³-hybridized carbons (Fsp3) is 1.00. The Bertz CT molecular complexity index is 108. The first-order chi connectivity index (χ1) is 4.71. The molecule has 1 unspecified atom stereocenters. The maximum Gasteiger partial charge on any atom is 0.103 e. The predicted octanol–water partition coefficient (Wildman–Crippen LogP) is 1.86. The molecule has 1 aliphatic carbocycles. The number of alkyl halides is 1. The standard InChI is InChI=1S/C8H16FN/c1-7(9)8(5-6-10)3-2-4-8/h7H,2-6,10H2,1H3. The minimum absolute atomic E-state index is 0.0191. The number of halogens is 1. The van der Waals surface area contributed by atoms with Crippen LogP contribution in [0.5, 0.6) is 0 Å². The van der Waals surface area contributed by atoms with Gasteiger partial charge in [-0.1, -0.05) is 6.42 Å². The van der Waals surface area contributed by atoms with Crippen LogP contribution in [0.25, 0.3) is 0 Å². The summed E-state index contributed by atoms with van der Waals surface area (Å²) in [5, 5.41) is 0. The Labute approximate surface area is 61.8 Å². The third kappa shape index (κ3) is 1.17. The average Bonchev–Trinajstić information content (AvgIpc) is 1.77. The molecule has 0 amide bonds. The zero-order valence-corrected chi connectivity index (χ0v) is 6.57. The van der Waals surface area contributed by atoms with E-state index in [2.05, 4.69) is 0 Å². The van der Waals surface area contributed by atoms with Gasteiger partial charge in [0.2, 0.25) is 0 Å². The van der Waals surface area contributed by atoms with Gasteiger partial charge in [-0.05, 0) is 32.7 Å². The molecule has 2 heteroatoms. The van der Waals surface area contributed by atoms with Crippen LogP contribution in [0.3, 0.4) is 0 Å². The Hall–Kier alpha value is -0.110. The van der Waals surface area contributed by atoms with E-state index in [-0.39, 0.29) is 5.41 Å². The molecule has 1 aliphatic rings. The summed E-state index contributed by atoms with van der Waals surface area (Å²) in [6.45, 7) is 2.29. The van der Waals surface area contributed by atoms with Crippen molar-refractivity contribution in [2.45, 2.75) is 38.8 Å². The quantitative estimate of drug-likeness (QED) is 0.644. The van der Waals surface area contributed by atoms with E-state index in [0.29, 0.717) is 6.54 Å². The molecule has 1 atom stereocenters. The van der Waals surface area contributed by atoms with E-state index in [4.69, 9.17) is 5.73 Å². The van der Waals surface area contributed by atoms with Crippen LogP contribution in [0.1, 0.15) is 32.6 Å². The summed E-state index contributed by atoms with van der Waals surface area (Å²) in [5.74, 6) is 0.